The number of aryl methyl sites for hydroxylation is 1. The van der Waals surface area contributed by atoms with Crippen LogP contribution in [0.1, 0.15) is 11.4 Å². The summed E-state index contributed by atoms with van der Waals surface area (Å²) < 4.78 is 69.3. The van der Waals surface area contributed by atoms with Crippen LogP contribution in [0.2, 0.25) is 0 Å². The zero-order valence-corrected chi connectivity index (χ0v) is 17.1. The van der Waals surface area contributed by atoms with Gasteiger partial charge in [-0.15, -0.1) is 13.2 Å². The van der Waals surface area contributed by atoms with Gasteiger partial charge in [0, 0.05) is 17.8 Å². The van der Waals surface area contributed by atoms with Crippen LogP contribution >= 0.6 is 0 Å². The van der Waals surface area contributed by atoms with Gasteiger partial charge in [0.1, 0.15) is 5.75 Å². The second-order valence-corrected chi connectivity index (χ2v) is 8.32. The van der Waals surface area contributed by atoms with Crippen LogP contribution in [0.25, 0.3) is 11.1 Å². The second-order valence-electron chi connectivity index (χ2n) is 6.55. The van der Waals surface area contributed by atoms with Crippen molar-refractivity contribution in [2.24, 2.45) is 0 Å². The molecule has 0 saturated carbocycles. The van der Waals surface area contributed by atoms with Gasteiger partial charge in [-0.1, -0.05) is 30.3 Å². The summed E-state index contributed by atoms with van der Waals surface area (Å²) in [5.74, 6) is -0.488. The molecule has 0 fully saturated rings. The molecule has 0 saturated heterocycles. The summed E-state index contributed by atoms with van der Waals surface area (Å²) in [6.07, 6.45) is -4.84. The fourth-order valence-corrected chi connectivity index (χ4v) is 4.15. The first-order chi connectivity index (χ1) is 14.1. The Morgan fingerprint density at radius 1 is 1.03 bits per heavy atom. The van der Waals surface area contributed by atoms with Crippen LogP contribution in [0.4, 0.5) is 13.2 Å². The predicted octanol–water partition coefficient (Wildman–Crippen LogP) is 4.04. The molecule has 1 N–H and O–H groups in total. The molecule has 1 aromatic heterocycles. The first-order valence-corrected chi connectivity index (χ1v) is 10.5. The Kier molecular flexibility index (Phi) is 6.18. The molecular weight excluding hydrogens is 419 g/mol. The van der Waals surface area contributed by atoms with Crippen molar-refractivity contribution in [3.8, 4) is 16.9 Å². The van der Waals surface area contributed by atoms with E-state index in [-0.39, 0.29) is 11.4 Å². The summed E-state index contributed by atoms with van der Waals surface area (Å²) in [7, 11) is -3.89. The number of hydrogen-bond donors (Lipinski definition) is 1. The van der Waals surface area contributed by atoms with E-state index in [2.05, 4.69) is 14.6 Å². The number of rotatable bonds is 7. The average Bonchev–Trinajstić information content (AvgIpc) is 2.95. The Balaban J connectivity index is 1.66. The summed E-state index contributed by atoms with van der Waals surface area (Å²) in [5, 5.41) is 4.48. The van der Waals surface area contributed by atoms with Crippen molar-refractivity contribution in [2.75, 3.05) is 6.54 Å². The van der Waals surface area contributed by atoms with Crippen molar-refractivity contribution in [3.05, 3.63) is 66.0 Å². The van der Waals surface area contributed by atoms with E-state index in [1.165, 1.54) is 0 Å². The second kappa shape index (κ2) is 8.49. The Morgan fingerprint density at radius 3 is 2.27 bits per heavy atom. The SMILES string of the molecule is Cc1nn(CCNS(=O)(=O)c2ccc(OC(F)(F)F)cc2)c(C)c1-c1ccccc1. The lowest BCUT2D eigenvalue weighted by Gasteiger charge is -2.11. The van der Waals surface area contributed by atoms with Crippen molar-refractivity contribution in [3.63, 3.8) is 0 Å². The normalized spacial score (nSPS) is 12.2. The van der Waals surface area contributed by atoms with Crippen molar-refractivity contribution in [1.29, 1.82) is 0 Å². The van der Waals surface area contributed by atoms with E-state index in [0.717, 1.165) is 46.8 Å². The van der Waals surface area contributed by atoms with Gasteiger partial charge in [0.25, 0.3) is 0 Å². The van der Waals surface area contributed by atoms with E-state index in [4.69, 9.17) is 0 Å². The number of nitrogens with one attached hydrogen (secondary N) is 1. The Bertz CT molecular complexity index is 1110. The van der Waals surface area contributed by atoms with Crippen LogP contribution in [0, 0.1) is 13.8 Å². The molecule has 0 bridgehead atoms. The number of nitrogens with zero attached hydrogens (tertiary/aromatic N) is 2. The lowest BCUT2D eigenvalue weighted by atomic mass is 10.0. The summed E-state index contributed by atoms with van der Waals surface area (Å²) in [6, 6.07) is 13.8. The molecule has 3 aromatic rings. The molecule has 0 spiro atoms. The van der Waals surface area contributed by atoms with E-state index in [9.17, 15) is 21.6 Å². The lowest BCUT2D eigenvalue weighted by Crippen LogP contribution is -2.28. The van der Waals surface area contributed by atoms with E-state index in [1.54, 1.807) is 4.68 Å². The van der Waals surface area contributed by atoms with Gasteiger partial charge in [0.15, 0.2) is 0 Å². The molecule has 30 heavy (non-hydrogen) atoms. The Morgan fingerprint density at radius 2 is 1.67 bits per heavy atom. The zero-order valence-electron chi connectivity index (χ0n) is 16.3. The van der Waals surface area contributed by atoms with Crippen molar-refractivity contribution < 1.29 is 26.3 Å². The third-order valence-electron chi connectivity index (χ3n) is 4.43. The number of aromatic nitrogens is 2. The Hall–Kier alpha value is -2.85. The topological polar surface area (TPSA) is 73.2 Å². The molecule has 6 nitrogen and oxygen atoms in total. The Labute approximate surface area is 172 Å². The molecule has 2 aromatic carbocycles. The minimum atomic E-state index is -4.84. The highest BCUT2D eigenvalue weighted by molar-refractivity contribution is 7.89. The third kappa shape index (κ3) is 5.19. The molecular formula is C20H20F3N3O3S. The first-order valence-electron chi connectivity index (χ1n) is 9.02. The van der Waals surface area contributed by atoms with Crippen LogP contribution in [-0.4, -0.2) is 31.1 Å². The van der Waals surface area contributed by atoms with Crippen LogP contribution in [0.15, 0.2) is 59.5 Å². The molecule has 3 rings (SSSR count). The summed E-state index contributed by atoms with van der Waals surface area (Å²) >= 11 is 0. The highest BCUT2D eigenvalue weighted by Gasteiger charge is 2.31. The largest absolute Gasteiger partial charge is 0.573 e. The fraction of sp³-hybridized carbons (Fsp3) is 0.250. The number of alkyl halides is 3. The number of hydrogen-bond acceptors (Lipinski definition) is 4. The van der Waals surface area contributed by atoms with Gasteiger partial charge >= 0.3 is 6.36 Å². The molecule has 0 radical (unpaired) electrons. The lowest BCUT2D eigenvalue weighted by molar-refractivity contribution is -0.274. The maximum atomic E-state index is 12.4. The fourth-order valence-electron chi connectivity index (χ4n) is 3.13. The number of sulfonamides is 1. The van der Waals surface area contributed by atoms with Gasteiger partial charge in [0.2, 0.25) is 10.0 Å². The van der Waals surface area contributed by atoms with E-state index in [0.29, 0.717) is 6.54 Å². The molecule has 10 heteroatoms. The number of benzene rings is 2. The number of halogens is 3. The summed E-state index contributed by atoms with van der Waals surface area (Å²) in [4.78, 5) is -0.157. The zero-order chi connectivity index (χ0) is 21.9. The van der Waals surface area contributed by atoms with Crippen molar-refractivity contribution in [1.82, 2.24) is 14.5 Å². The monoisotopic (exact) mass is 439 g/mol. The third-order valence-corrected chi connectivity index (χ3v) is 5.90. The van der Waals surface area contributed by atoms with Gasteiger partial charge in [-0.2, -0.15) is 5.10 Å². The maximum absolute atomic E-state index is 12.4. The molecule has 0 amide bonds. The van der Waals surface area contributed by atoms with Gasteiger partial charge in [-0.05, 0) is 43.7 Å². The molecule has 1 heterocycles. The van der Waals surface area contributed by atoms with E-state index < -0.39 is 22.1 Å². The van der Waals surface area contributed by atoms with Crippen molar-refractivity contribution in [2.45, 2.75) is 31.7 Å². The maximum Gasteiger partial charge on any atom is 0.573 e. The van der Waals surface area contributed by atoms with Gasteiger partial charge < -0.3 is 4.74 Å². The molecule has 0 aliphatic rings. The molecule has 0 aliphatic heterocycles. The highest BCUT2D eigenvalue weighted by atomic mass is 32.2. The average molecular weight is 439 g/mol. The quantitative estimate of drug-likeness (QED) is 0.603. The predicted molar refractivity (Wildman–Crippen MR) is 105 cm³/mol. The van der Waals surface area contributed by atoms with Crippen LogP contribution in [0.5, 0.6) is 5.75 Å². The standard InChI is InChI=1S/C20H20F3N3O3S/c1-14-19(16-6-4-3-5-7-16)15(2)26(25-14)13-12-24-30(27,28)18-10-8-17(9-11-18)29-20(21,22)23/h3-11,24H,12-13H2,1-2H3. The molecule has 0 atom stereocenters. The molecule has 0 unspecified atom stereocenters. The minimum absolute atomic E-state index is 0.0688. The molecule has 0 aliphatic carbocycles. The van der Waals surface area contributed by atoms with E-state index >= 15 is 0 Å². The van der Waals surface area contributed by atoms with Gasteiger partial charge in [-0.3, -0.25) is 4.68 Å². The van der Waals surface area contributed by atoms with Crippen LogP contribution in [0.3, 0.4) is 0 Å². The number of ether oxygens (including phenoxy) is 1. The van der Waals surface area contributed by atoms with E-state index in [1.807, 2.05) is 44.2 Å². The van der Waals surface area contributed by atoms with Gasteiger partial charge in [-0.25, -0.2) is 13.1 Å². The van der Waals surface area contributed by atoms with Crippen LogP contribution < -0.4 is 9.46 Å². The summed E-state index contributed by atoms with van der Waals surface area (Å²) in [5.41, 5.74) is 3.77. The molecule has 160 valence electrons. The highest BCUT2D eigenvalue weighted by Crippen LogP contribution is 2.27. The minimum Gasteiger partial charge on any atom is -0.406 e. The summed E-state index contributed by atoms with van der Waals surface area (Å²) in [6.45, 7) is 4.17. The first kappa shape index (κ1) is 21.8. The van der Waals surface area contributed by atoms with Crippen LogP contribution in [-0.2, 0) is 16.6 Å². The van der Waals surface area contributed by atoms with Crippen molar-refractivity contribution >= 4 is 10.0 Å². The van der Waals surface area contributed by atoms with Gasteiger partial charge in [0.05, 0.1) is 17.1 Å². The smallest absolute Gasteiger partial charge is 0.406 e.